The SMILES string of the molecule is N#Cc1c(C(F)(F)F)ccnc1N1CCCC(CO)C1. The predicted molar refractivity (Wildman–Crippen MR) is 66.0 cm³/mol. The number of hydrogen-bond donors (Lipinski definition) is 1. The van der Waals surface area contributed by atoms with Crippen molar-refractivity contribution >= 4 is 5.82 Å². The Morgan fingerprint density at radius 2 is 2.25 bits per heavy atom. The van der Waals surface area contributed by atoms with Crippen LogP contribution in [0.2, 0.25) is 0 Å². The van der Waals surface area contributed by atoms with E-state index >= 15 is 0 Å². The van der Waals surface area contributed by atoms with Crippen LogP contribution in [0.25, 0.3) is 0 Å². The van der Waals surface area contributed by atoms with Crippen LogP contribution in [0.1, 0.15) is 24.0 Å². The first kappa shape index (κ1) is 14.6. The molecule has 0 spiro atoms. The van der Waals surface area contributed by atoms with Crippen molar-refractivity contribution in [3.05, 3.63) is 23.4 Å². The first-order chi connectivity index (χ1) is 9.47. The topological polar surface area (TPSA) is 60.2 Å². The molecule has 1 aromatic rings. The number of halogens is 3. The number of rotatable bonds is 2. The van der Waals surface area contributed by atoms with E-state index in [4.69, 9.17) is 5.26 Å². The summed E-state index contributed by atoms with van der Waals surface area (Å²) < 4.78 is 38.7. The first-order valence-electron chi connectivity index (χ1n) is 6.29. The minimum absolute atomic E-state index is 0.00614. The summed E-state index contributed by atoms with van der Waals surface area (Å²) in [6, 6.07) is 2.43. The molecule has 1 N–H and O–H groups in total. The lowest BCUT2D eigenvalue weighted by Crippen LogP contribution is -2.38. The molecular formula is C13H14F3N3O. The van der Waals surface area contributed by atoms with E-state index in [0.717, 1.165) is 25.1 Å². The molecule has 1 saturated heterocycles. The van der Waals surface area contributed by atoms with Gasteiger partial charge in [0.05, 0.1) is 5.56 Å². The second-order valence-electron chi connectivity index (χ2n) is 4.80. The summed E-state index contributed by atoms with van der Waals surface area (Å²) in [6.45, 7) is 0.941. The highest BCUT2D eigenvalue weighted by Crippen LogP contribution is 2.35. The van der Waals surface area contributed by atoms with E-state index in [1.54, 1.807) is 11.0 Å². The zero-order valence-corrected chi connectivity index (χ0v) is 10.7. The molecule has 7 heteroatoms. The molecular weight excluding hydrogens is 271 g/mol. The maximum atomic E-state index is 12.9. The Hall–Kier alpha value is -1.81. The lowest BCUT2D eigenvalue weighted by atomic mass is 9.98. The molecule has 1 aliphatic heterocycles. The molecule has 2 heterocycles. The van der Waals surface area contributed by atoms with Gasteiger partial charge >= 0.3 is 6.18 Å². The normalized spacial score (nSPS) is 19.8. The summed E-state index contributed by atoms with van der Waals surface area (Å²) >= 11 is 0. The molecule has 20 heavy (non-hydrogen) atoms. The van der Waals surface area contributed by atoms with Gasteiger partial charge in [-0.1, -0.05) is 0 Å². The van der Waals surface area contributed by atoms with Gasteiger partial charge in [-0.2, -0.15) is 18.4 Å². The molecule has 0 aromatic carbocycles. The number of nitriles is 1. The fourth-order valence-corrected chi connectivity index (χ4v) is 2.44. The number of piperidine rings is 1. The molecule has 0 amide bonds. The Labute approximate surface area is 114 Å². The van der Waals surface area contributed by atoms with Crippen molar-refractivity contribution in [1.29, 1.82) is 5.26 Å². The number of anilines is 1. The second-order valence-corrected chi connectivity index (χ2v) is 4.80. The number of hydrogen-bond acceptors (Lipinski definition) is 4. The molecule has 2 rings (SSSR count). The van der Waals surface area contributed by atoms with Gasteiger partial charge in [0.15, 0.2) is 0 Å². The van der Waals surface area contributed by atoms with Gasteiger partial charge in [-0.15, -0.1) is 0 Å². The largest absolute Gasteiger partial charge is 0.417 e. The Kier molecular flexibility index (Phi) is 4.14. The number of aromatic nitrogens is 1. The molecule has 0 radical (unpaired) electrons. The summed E-state index contributed by atoms with van der Waals surface area (Å²) in [6.07, 6.45) is -1.92. The average Bonchev–Trinajstić information content (AvgIpc) is 2.45. The van der Waals surface area contributed by atoms with Gasteiger partial charge in [-0.25, -0.2) is 4.98 Å². The smallest absolute Gasteiger partial charge is 0.396 e. The van der Waals surface area contributed by atoms with Crippen LogP contribution >= 0.6 is 0 Å². The fourth-order valence-electron chi connectivity index (χ4n) is 2.44. The van der Waals surface area contributed by atoms with Gasteiger partial charge in [-0.3, -0.25) is 0 Å². The highest BCUT2D eigenvalue weighted by molar-refractivity contribution is 5.58. The molecule has 108 valence electrons. The van der Waals surface area contributed by atoms with Crippen LogP contribution in [0.15, 0.2) is 12.3 Å². The molecule has 0 saturated carbocycles. The highest BCUT2D eigenvalue weighted by Gasteiger charge is 2.36. The minimum Gasteiger partial charge on any atom is -0.396 e. The van der Waals surface area contributed by atoms with E-state index in [-0.39, 0.29) is 18.3 Å². The standard InChI is InChI=1S/C13H14F3N3O/c14-13(15,16)11-3-4-18-12(10(11)6-17)19-5-1-2-9(7-19)8-20/h3-4,9,20H,1-2,5,7-8H2. The molecule has 1 unspecified atom stereocenters. The van der Waals surface area contributed by atoms with Crippen LogP contribution in [-0.4, -0.2) is 29.8 Å². The second kappa shape index (κ2) is 5.67. The molecule has 1 atom stereocenters. The minimum atomic E-state index is -4.57. The van der Waals surface area contributed by atoms with Crippen molar-refractivity contribution in [3.8, 4) is 6.07 Å². The van der Waals surface area contributed by atoms with Gasteiger partial charge in [-0.05, 0) is 24.8 Å². The van der Waals surface area contributed by atoms with Crippen molar-refractivity contribution < 1.29 is 18.3 Å². The van der Waals surface area contributed by atoms with Crippen LogP contribution in [0, 0.1) is 17.2 Å². The van der Waals surface area contributed by atoms with Gasteiger partial charge in [0.25, 0.3) is 0 Å². The van der Waals surface area contributed by atoms with Gasteiger partial charge in [0.1, 0.15) is 17.5 Å². The van der Waals surface area contributed by atoms with Crippen LogP contribution in [0.5, 0.6) is 0 Å². The van der Waals surface area contributed by atoms with Crippen LogP contribution < -0.4 is 4.90 Å². The quantitative estimate of drug-likeness (QED) is 0.904. The fraction of sp³-hybridized carbons (Fsp3) is 0.538. The number of aliphatic hydroxyl groups is 1. The maximum Gasteiger partial charge on any atom is 0.417 e. The lowest BCUT2D eigenvalue weighted by molar-refractivity contribution is -0.137. The molecule has 4 nitrogen and oxygen atoms in total. The third-order valence-electron chi connectivity index (χ3n) is 3.42. The molecule has 0 bridgehead atoms. The summed E-state index contributed by atoms with van der Waals surface area (Å²) in [7, 11) is 0. The van der Waals surface area contributed by atoms with E-state index in [2.05, 4.69) is 4.98 Å². The average molecular weight is 285 g/mol. The van der Waals surface area contributed by atoms with E-state index in [9.17, 15) is 18.3 Å². The summed E-state index contributed by atoms with van der Waals surface area (Å²) in [5.41, 5.74) is -1.41. The van der Waals surface area contributed by atoms with Gasteiger partial charge in [0, 0.05) is 25.9 Å². The Balaban J connectivity index is 2.40. The first-order valence-corrected chi connectivity index (χ1v) is 6.29. The third-order valence-corrected chi connectivity index (χ3v) is 3.42. The molecule has 1 aliphatic rings. The maximum absolute atomic E-state index is 12.9. The van der Waals surface area contributed by atoms with Crippen molar-refractivity contribution in [2.45, 2.75) is 19.0 Å². The Morgan fingerprint density at radius 3 is 2.85 bits per heavy atom. The van der Waals surface area contributed by atoms with Crippen molar-refractivity contribution in [1.82, 2.24) is 4.98 Å². The summed E-state index contributed by atoms with van der Waals surface area (Å²) in [5.74, 6) is 0.0621. The molecule has 1 fully saturated rings. The summed E-state index contributed by atoms with van der Waals surface area (Å²) in [5, 5.41) is 18.2. The summed E-state index contributed by atoms with van der Waals surface area (Å²) in [4.78, 5) is 5.59. The monoisotopic (exact) mass is 285 g/mol. The lowest BCUT2D eigenvalue weighted by Gasteiger charge is -2.33. The van der Waals surface area contributed by atoms with Crippen LogP contribution in [0.4, 0.5) is 19.0 Å². The van der Waals surface area contributed by atoms with Gasteiger partial charge in [0.2, 0.25) is 0 Å². The van der Waals surface area contributed by atoms with E-state index in [1.165, 1.54) is 0 Å². The number of alkyl halides is 3. The Morgan fingerprint density at radius 1 is 1.50 bits per heavy atom. The van der Waals surface area contributed by atoms with Crippen LogP contribution in [-0.2, 0) is 6.18 Å². The third kappa shape index (κ3) is 2.85. The number of nitrogens with zero attached hydrogens (tertiary/aromatic N) is 3. The predicted octanol–water partition coefficient (Wildman–Crippen LogP) is 2.18. The molecule has 0 aliphatic carbocycles. The van der Waals surface area contributed by atoms with E-state index in [0.29, 0.717) is 13.1 Å². The van der Waals surface area contributed by atoms with Crippen molar-refractivity contribution in [2.75, 3.05) is 24.6 Å². The van der Waals surface area contributed by atoms with Crippen molar-refractivity contribution in [3.63, 3.8) is 0 Å². The number of aliphatic hydroxyl groups excluding tert-OH is 1. The Bertz CT molecular complexity index is 525. The van der Waals surface area contributed by atoms with E-state index in [1.807, 2.05) is 0 Å². The zero-order valence-electron chi connectivity index (χ0n) is 10.7. The van der Waals surface area contributed by atoms with Crippen molar-refractivity contribution in [2.24, 2.45) is 5.92 Å². The van der Waals surface area contributed by atoms with Crippen LogP contribution in [0.3, 0.4) is 0 Å². The van der Waals surface area contributed by atoms with Gasteiger partial charge < -0.3 is 10.0 Å². The van der Waals surface area contributed by atoms with E-state index < -0.39 is 17.3 Å². The highest BCUT2D eigenvalue weighted by atomic mass is 19.4. The zero-order chi connectivity index (χ0) is 14.8. The molecule has 1 aromatic heterocycles. The number of pyridine rings is 1.